The van der Waals surface area contributed by atoms with Gasteiger partial charge in [0.15, 0.2) is 9.84 Å². The maximum atomic E-state index is 13.9. The third-order valence-electron chi connectivity index (χ3n) is 7.00. The molecule has 4 rings (SSSR count). The quantitative estimate of drug-likeness (QED) is 0.240. The largest absolute Gasteiger partial charge is 0.464 e. The number of likely N-dealkylation sites (tertiary alicyclic amines) is 1. The molecular formula is C31H35NO6S. The summed E-state index contributed by atoms with van der Waals surface area (Å²) in [4.78, 5) is 28.7. The van der Waals surface area contributed by atoms with Gasteiger partial charge in [-0.05, 0) is 49.9 Å². The average Bonchev–Trinajstić information content (AvgIpc) is 3.21. The van der Waals surface area contributed by atoms with Gasteiger partial charge in [-0.25, -0.2) is 13.2 Å². The van der Waals surface area contributed by atoms with Crippen molar-refractivity contribution in [1.29, 1.82) is 0 Å². The van der Waals surface area contributed by atoms with Crippen LogP contribution in [-0.4, -0.2) is 49.7 Å². The highest BCUT2D eigenvalue weighted by molar-refractivity contribution is 7.92. The van der Waals surface area contributed by atoms with Crippen LogP contribution < -0.4 is 0 Å². The first-order valence-corrected chi connectivity index (χ1v) is 14.8. The zero-order valence-corrected chi connectivity index (χ0v) is 23.2. The van der Waals surface area contributed by atoms with E-state index in [0.717, 1.165) is 16.7 Å². The molecule has 0 bridgehead atoms. The topological polar surface area (TPSA) is 90.0 Å². The summed E-state index contributed by atoms with van der Waals surface area (Å²) in [7, 11) is -4.09. The lowest BCUT2D eigenvalue weighted by atomic mass is 9.94. The molecule has 1 aliphatic rings. The zero-order valence-electron chi connectivity index (χ0n) is 22.4. The standard InChI is InChI=1S/C31H35NO6S/c1-3-38-31(34)28-27(15-10-20-37-22-25-13-8-5-9-14-25)29(39(35,36)26-18-16-23(2)17-19-26)30(33)32(28)21-24-11-6-4-7-12-24/h4-9,11-14,16-19,27-29H,3,10,15,20-22H2,1-2H3/t27-,28+,29+/m1/s1. The number of carbonyl (C=O) groups is 2. The molecule has 1 amide bonds. The molecule has 39 heavy (non-hydrogen) atoms. The Bertz CT molecular complexity index is 1340. The summed E-state index contributed by atoms with van der Waals surface area (Å²) >= 11 is 0. The van der Waals surface area contributed by atoms with E-state index >= 15 is 0 Å². The van der Waals surface area contributed by atoms with E-state index in [0.29, 0.717) is 26.1 Å². The summed E-state index contributed by atoms with van der Waals surface area (Å²) in [5.41, 5.74) is 2.75. The van der Waals surface area contributed by atoms with Crippen molar-refractivity contribution >= 4 is 21.7 Å². The van der Waals surface area contributed by atoms with Crippen LogP contribution in [0, 0.1) is 12.8 Å². The van der Waals surface area contributed by atoms with E-state index in [2.05, 4.69) is 0 Å². The van der Waals surface area contributed by atoms with Crippen molar-refractivity contribution in [2.45, 2.75) is 56.0 Å². The van der Waals surface area contributed by atoms with E-state index in [1.54, 1.807) is 19.1 Å². The van der Waals surface area contributed by atoms with Crippen molar-refractivity contribution < 1.29 is 27.5 Å². The third-order valence-corrected chi connectivity index (χ3v) is 9.15. The van der Waals surface area contributed by atoms with E-state index in [1.165, 1.54) is 17.0 Å². The molecule has 0 aliphatic carbocycles. The predicted octanol–water partition coefficient (Wildman–Crippen LogP) is 4.72. The highest BCUT2D eigenvalue weighted by atomic mass is 32.2. The molecule has 0 unspecified atom stereocenters. The van der Waals surface area contributed by atoms with Gasteiger partial charge in [0.05, 0.1) is 18.1 Å². The maximum Gasteiger partial charge on any atom is 0.329 e. The van der Waals surface area contributed by atoms with Gasteiger partial charge in [0, 0.05) is 19.1 Å². The summed E-state index contributed by atoms with van der Waals surface area (Å²) in [6, 6.07) is 24.5. The van der Waals surface area contributed by atoms with E-state index < -0.39 is 38.9 Å². The maximum absolute atomic E-state index is 13.9. The van der Waals surface area contributed by atoms with Crippen LogP contribution in [0.4, 0.5) is 0 Å². The summed E-state index contributed by atoms with van der Waals surface area (Å²) in [6.45, 7) is 4.61. The monoisotopic (exact) mass is 549 g/mol. The second-order valence-electron chi connectivity index (χ2n) is 9.77. The Morgan fingerprint density at radius 2 is 1.51 bits per heavy atom. The van der Waals surface area contributed by atoms with Crippen LogP contribution in [0.25, 0.3) is 0 Å². The molecule has 1 saturated heterocycles. The third kappa shape index (κ3) is 6.75. The number of hydrogen-bond donors (Lipinski definition) is 0. The van der Waals surface area contributed by atoms with E-state index in [-0.39, 0.29) is 18.0 Å². The predicted molar refractivity (Wildman–Crippen MR) is 148 cm³/mol. The van der Waals surface area contributed by atoms with Crippen molar-refractivity contribution in [2.75, 3.05) is 13.2 Å². The van der Waals surface area contributed by atoms with Gasteiger partial charge >= 0.3 is 5.97 Å². The summed E-state index contributed by atoms with van der Waals surface area (Å²) < 4.78 is 39.1. The molecule has 0 radical (unpaired) electrons. The van der Waals surface area contributed by atoms with Gasteiger partial charge in [-0.2, -0.15) is 0 Å². The number of sulfone groups is 1. The first-order valence-electron chi connectivity index (χ1n) is 13.3. The molecule has 1 aliphatic heterocycles. The van der Waals surface area contributed by atoms with Crippen LogP contribution in [-0.2, 0) is 42.1 Å². The van der Waals surface area contributed by atoms with Crippen LogP contribution in [0.1, 0.15) is 36.5 Å². The second-order valence-corrected chi connectivity index (χ2v) is 11.8. The Morgan fingerprint density at radius 1 is 0.897 bits per heavy atom. The highest BCUT2D eigenvalue weighted by Gasteiger charge is 2.57. The molecule has 1 fully saturated rings. The number of carbonyl (C=O) groups excluding carboxylic acids is 2. The fraction of sp³-hybridized carbons (Fsp3) is 0.355. The Labute approximate surface area is 230 Å². The molecule has 0 spiro atoms. The lowest BCUT2D eigenvalue weighted by molar-refractivity contribution is -0.153. The fourth-order valence-corrected chi connectivity index (χ4v) is 7.05. The number of ether oxygens (including phenoxy) is 2. The van der Waals surface area contributed by atoms with Crippen LogP contribution in [0.5, 0.6) is 0 Å². The van der Waals surface area contributed by atoms with Gasteiger partial charge in [-0.15, -0.1) is 0 Å². The van der Waals surface area contributed by atoms with Gasteiger partial charge < -0.3 is 14.4 Å². The molecule has 0 aromatic heterocycles. The van der Waals surface area contributed by atoms with Gasteiger partial charge in [0.2, 0.25) is 5.91 Å². The van der Waals surface area contributed by atoms with Gasteiger partial charge in [0.25, 0.3) is 0 Å². The molecule has 3 aromatic carbocycles. The molecule has 1 heterocycles. The van der Waals surface area contributed by atoms with Crippen LogP contribution >= 0.6 is 0 Å². The molecular weight excluding hydrogens is 514 g/mol. The van der Waals surface area contributed by atoms with Crippen molar-refractivity contribution in [3.63, 3.8) is 0 Å². The number of rotatable bonds is 12. The minimum atomic E-state index is -4.09. The zero-order chi connectivity index (χ0) is 27.8. The van der Waals surface area contributed by atoms with Crippen molar-refractivity contribution in [3.05, 3.63) is 102 Å². The van der Waals surface area contributed by atoms with Crippen LogP contribution in [0.15, 0.2) is 89.8 Å². The van der Waals surface area contributed by atoms with Gasteiger partial charge in [-0.3, -0.25) is 4.79 Å². The summed E-state index contributed by atoms with van der Waals surface area (Å²) in [5, 5.41) is -1.40. The first-order chi connectivity index (χ1) is 18.8. The molecule has 206 valence electrons. The molecule has 0 saturated carbocycles. The van der Waals surface area contributed by atoms with Gasteiger partial charge in [-0.1, -0.05) is 78.4 Å². The lowest BCUT2D eigenvalue weighted by Crippen LogP contribution is -2.42. The Kier molecular flexibility index (Phi) is 9.54. The van der Waals surface area contributed by atoms with Gasteiger partial charge in [0.1, 0.15) is 11.3 Å². The van der Waals surface area contributed by atoms with E-state index in [1.807, 2.05) is 67.6 Å². The van der Waals surface area contributed by atoms with Crippen molar-refractivity contribution in [3.8, 4) is 0 Å². The Balaban J connectivity index is 1.63. The second kappa shape index (κ2) is 13.0. The molecule has 0 N–H and O–H groups in total. The molecule has 3 aromatic rings. The summed E-state index contributed by atoms with van der Waals surface area (Å²) in [6.07, 6.45) is 0.796. The van der Waals surface area contributed by atoms with Crippen molar-refractivity contribution in [1.82, 2.24) is 4.90 Å². The van der Waals surface area contributed by atoms with Crippen molar-refractivity contribution in [2.24, 2.45) is 5.92 Å². The number of nitrogens with zero attached hydrogens (tertiary/aromatic N) is 1. The average molecular weight is 550 g/mol. The smallest absolute Gasteiger partial charge is 0.329 e. The highest BCUT2D eigenvalue weighted by Crippen LogP contribution is 2.38. The summed E-state index contributed by atoms with van der Waals surface area (Å²) in [5.74, 6) is -1.95. The lowest BCUT2D eigenvalue weighted by Gasteiger charge is -2.26. The molecule has 7 nitrogen and oxygen atoms in total. The molecule has 8 heteroatoms. The number of amides is 1. The van der Waals surface area contributed by atoms with Crippen LogP contribution in [0.2, 0.25) is 0 Å². The minimum absolute atomic E-state index is 0.0703. The molecule has 3 atom stereocenters. The SMILES string of the molecule is CCOC(=O)[C@@H]1[C@@H](CCCOCc2ccccc2)[C@H](S(=O)(=O)c2ccc(C)cc2)C(=O)N1Cc1ccccc1. The minimum Gasteiger partial charge on any atom is -0.464 e. The first kappa shape index (κ1) is 28.5. The number of benzene rings is 3. The van der Waals surface area contributed by atoms with E-state index in [4.69, 9.17) is 9.47 Å². The number of hydrogen-bond acceptors (Lipinski definition) is 6. The Hall–Kier alpha value is -3.49. The van der Waals surface area contributed by atoms with E-state index in [9.17, 15) is 18.0 Å². The number of esters is 1. The Morgan fingerprint density at radius 3 is 2.13 bits per heavy atom. The number of aryl methyl sites for hydroxylation is 1. The fourth-order valence-electron chi connectivity index (χ4n) is 5.10. The van der Waals surface area contributed by atoms with Crippen LogP contribution in [0.3, 0.4) is 0 Å². The normalized spacial score (nSPS) is 19.3.